The lowest BCUT2D eigenvalue weighted by Crippen LogP contribution is -2.16. The van der Waals surface area contributed by atoms with Gasteiger partial charge in [-0.2, -0.15) is 5.10 Å². The Morgan fingerprint density at radius 2 is 2.00 bits per heavy atom. The normalized spacial score (nSPS) is 9.96. The fourth-order valence-corrected chi connectivity index (χ4v) is 2.43. The van der Waals surface area contributed by atoms with Crippen molar-refractivity contribution in [2.75, 3.05) is 12.4 Å². The third-order valence-electron chi connectivity index (χ3n) is 3.33. The number of hydrogen-bond donors (Lipinski definition) is 2. The highest BCUT2D eigenvalue weighted by molar-refractivity contribution is 6.29. The van der Waals surface area contributed by atoms with Crippen molar-refractivity contribution < 1.29 is 9.53 Å². The fraction of sp³-hybridized carbons (Fsp3) is 0.235. The zero-order valence-corrected chi connectivity index (χ0v) is 16.2. The van der Waals surface area contributed by atoms with Gasteiger partial charge < -0.3 is 15.8 Å². The van der Waals surface area contributed by atoms with Crippen LogP contribution in [0.3, 0.4) is 0 Å². The molecule has 0 aliphatic carbocycles. The monoisotopic (exact) mass is 389 g/mol. The van der Waals surface area contributed by atoms with Crippen molar-refractivity contribution in [1.29, 1.82) is 0 Å². The maximum atomic E-state index is 11.6. The zero-order valence-electron chi connectivity index (χ0n) is 15.4. The lowest BCUT2D eigenvalue weighted by atomic mass is 10.1. The van der Waals surface area contributed by atoms with Crippen molar-refractivity contribution >= 4 is 28.9 Å². The van der Waals surface area contributed by atoms with Crippen LogP contribution in [0.25, 0.3) is 11.4 Å². The van der Waals surface area contributed by atoms with Gasteiger partial charge in [0.2, 0.25) is 0 Å². The molecule has 10 heteroatoms. The number of methoxy groups -OCH3 is 1. The summed E-state index contributed by atoms with van der Waals surface area (Å²) in [4.78, 5) is 15.8. The Bertz CT molecular complexity index is 943. The second-order valence-electron chi connectivity index (χ2n) is 5.05. The van der Waals surface area contributed by atoms with Crippen LogP contribution in [0.2, 0.25) is 5.15 Å². The molecule has 142 valence electrons. The summed E-state index contributed by atoms with van der Waals surface area (Å²) < 4.78 is 7.10. The summed E-state index contributed by atoms with van der Waals surface area (Å²) in [6, 6.07) is 6.85. The molecule has 0 atom stereocenters. The second kappa shape index (κ2) is 8.95. The summed E-state index contributed by atoms with van der Waals surface area (Å²) in [7, 11) is 3.30. The van der Waals surface area contributed by atoms with Crippen LogP contribution >= 0.6 is 11.6 Å². The maximum absolute atomic E-state index is 11.6. The number of para-hydroxylation sites is 1. The van der Waals surface area contributed by atoms with E-state index < -0.39 is 5.91 Å². The summed E-state index contributed by atoms with van der Waals surface area (Å²) in [6.45, 7) is 4.00. The van der Waals surface area contributed by atoms with Gasteiger partial charge in [0.05, 0.1) is 24.0 Å². The highest BCUT2D eigenvalue weighted by atomic mass is 35.5. The topological polar surface area (TPSA) is 121 Å². The van der Waals surface area contributed by atoms with E-state index >= 15 is 0 Å². The number of nitrogens with one attached hydrogen (secondary N) is 1. The van der Waals surface area contributed by atoms with Gasteiger partial charge in [-0.3, -0.25) is 9.48 Å². The summed E-state index contributed by atoms with van der Waals surface area (Å²) in [5.41, 5.74) is 6.87. The first-order valence-corrected chi connectivity index (χ1v) is 8.50. The number of benzene rings is 1. The van der Waals surface area contributed by atoms with Crippen molar-refractivity contribution in [3.05, 3.63) is 41.4 Å². The van der Waals surface area contributed by atoms with Gasteiger partial charge in [0.1, 0.15) is 6.33 Å². The van der Waals surface area contributed by atoms with Gasteiger partial charge in [-0.25, -0.2) is 4.98 Å². The molecule has 3 aromatic rings. The second-order valence-corrected chi connectivity index (χ2v) is 5.43. The van der Waals surface area contributed by atoms with Gasteiger partial charge >= 0.3 is 0 Å². The van der Waals surface area contributed by atoms with Crippen LogP contribution in [0.5, 0.6) is 5.75 Å². The minimum Gasteiger partial charge on any atom is -0.494 e. The van der Waals surface area contributed by atoms with E-state index in [4.69, 9.17) is 22.1 Å². The molecular weight excluding hydrogens is 370 g/mol. The molecule has 27 heavy (non-hydrogen) atoms. The molecule has 0 fully saturated rings. The first-order chi connectivity index (χ1) is 13.0. The van der Waals surface area contributed by atoms with Gasteiger partial charge in [0, 0.05) is 13.1 Å². The summed E-state index contributed by atoms with van der Waals surface area (Å²) >= 11 is 5.87. The van der Waals surface area contributed by atoms with Gasteiger partial charge in [0.25, 0.3) is 5.91 Å². The molecule has 3 rings (SSSR count). The number of aromatic nitrogens is 5. The Kier molecular flexibility index (Phi) is 6.67. The maximum Gasteiger partial charge on any atom is 0.271 e. The number of nitrogens with two attached hydrogens (primary N) is 1. The molecule has 0 saturated carbocycles. The molecule has 9 nitrogen and oxygen atoms in total. The molecule has 0 spiro atoms. The van der Waals surface area contributed by atoms with Crippen LogP contribution in [0.4, 0.5) is 11.4 Å². The van der Waals surface area contributed by atoms with Crippen LogP contribution in [-0.2, 0) is 7.05 Å². The number of halogens is 1. The predicted octanol–water partition coefficient (Wildman–Crippen LogP) is 2.80. The molecule has 2 heterocycles. The number of amides is 1. The third kappa shape index (κ3) is 4.50. The van der Waals surface area contributed by atoms with Crippen LogP contribution < -0.4 is 15.8 Å². The van der Waals surface area contributed by atoms with Crippen molar-refractivity contribution in [3.63, 3.8) is 0 Å². The Labute approximate surface area is 161 Å². The summed E-state index contributed by atoms with van der Waals surface area (Å²) in [5, 5.41) is 14.8. The number of aryl methyl sites for hydroxylation is 1. The highest BCUT2D eigenvalue weighted by Gasteiger charge is 2.17. The number of ether oxygens (including phenoxy) is 1. The van der Waals surface area contributed by atoms with Crippen LogP contribution in [0, 0.1) is 0 Å². The molecule has 0 aliphatic heterocycles. The number of rotatable bonds is 5. The smallest absolute Gasteiger partial charge is 0.271 e. The standard InChI is InChI=1S/C15H14ClN7O2.C2H6/c1-23-7-18-15(22-23)8-4-3-5-9(13(8)25-2)19-10-6-11(16)20-21-12(10)14(17)24;1-2/h3-7H,1-2H3,(H2,17,24)(H,19,20);1-2H3. The fourth-order valence-electron chi connectivity index (χ4n) is 2.28. The van der Waals surface area contributed by atoms with Gasteiger partial charge in [0.15, 0.2) is 22.4 Å². The Morgan fingerprint density at radius 3 is 2.59 bits per heavy atom. The molecule has 1 aromatic carbocycles. The molecule has 0 radical (unpaired) electrons. The minimum absolute atomic E-state index is 0.0344. The molecule has 0 saturated heterocycles. The number of carbonyl (C=O) groups excluding carboxylic acids is 1. The SMILES string of the molecule is CC.COc1c(Nc2cc(Cl)nnc2C(N)=O)cccc1-c1ncn(C)n1. The van der Waals surface area contributed by atoms with E-state index in [1.807, 2.05) is 19.9 Å². The lowest BCUT2D eigenvalue weighted by molar-refractivity contribution is 0.0995. The van der Waals surface area contributed by atoms with E-state index in [2.05, 4.69) is 25.6 Å². The van der Waals surface area contributed by atoms with E-state index in [1.165, 1.54) is 13.2 Å². The average Bonchev–Trinajstić information content (AvgIpc) is 3.09. The first-order valence-electron chi connectivity index (χ1n) is 8.12. The molecule has 0 aliphatic rings. The van der Waals surface area contributed by atoms with Crippen molar-refractivity contribution in [2.45, 2.75) is 13.8 Å². The predicted molar refractivity (Wildman–Crippen MR) is 103 cm³/mol. The van der Waals surface area contributed by atoms with Crippen LogP contribution in [0.1, 0.15) is 24.3 Å². The van der Waals surface area contributed by atoms with Crippen LogP contribution in [0.15, 0.2) is 30.6 Å². The minimum atomic E-state index is -0.729. The molecule has 2 aromatic heterocycles. The molecule has 0 unspecified atom stereocenters. The van der Waals surface area contributed by atoms with Crippen molar-refractivity contribution in [3.8, 4) is 17.1 Å². The van der Waals surface area contributed by atoms with Crippen molar-refractivity contribution in [2.24, 2.45) is 12.8 Å². The first kappa shape index (κ1) is 20.1. The Morgan fingerprint density at radius 1 is 1.26 bits per heavy atom. The molecular formula is C17H20ClN7O2. The van der Waals surface area contributed by atoms with E-state index in [-0.39, 0.29) is 10.8 Å². The van der Waals surface area contributed by atoms with Crippen LogP contribution in [-0.4, -0.2) is 38.0 Å². The summed E-state index contributed by atoms with van der Waals surface area (Å²) in [5.74, 6) is 0.272. The third-order valence-corrected chi connectivity index (χ3v) is 3.51. The highest BCUT2D eigenvalue weighted by Crippen LogP contribution is 2.36. The van der Waals surface area contributed by atoms with E-state index in [0.717, 1.165) is 0 Å². The van der Waals surface area contributed by atoms with Gasteiger partial charge in [-0.1, -0.05) is 31.5 Å². The van der Waals surface area contributed by atoms with Gasteiger partial charge in [-0.15, -0.1) is 10.2 Å². The van der Waals surface area contributed by atoms with Crippen molar-refractivity contribution in [1.82, 2.24) is 25.0 Å². The number of carbonyl (C=O) groups is 1. The van der Waals surface area contributed by atoms with Gasteiger partial charge in [-0.05, 0) is 12.1 Å². The molecule has 1 amide bonds. The largest absolute Gasteiger partial charge is 0.494 e. The molecule has 3 N–H and O–H groups in total. The Hall–Kier alpha value is -3.20. The number of nitrogens with zero attached hydrogens (tertiary/aromatic N) is 5. The number of anilines is 2. The Balaban J connectivity index is 0.00000126. The zero-order chi connectivity index (χ0) is 20.0. The quantitative estimate of drug-likeness (QED) is 0.688. The van der Waals surface area contributed by atoms with E-state index in [0.29, 0.717) is 28.5 Å². The summed E-state index contributed by atoms with van der Waals surface area (Å²) in [6.07, 6.45) is 1.59. The number of primary amides is 1. The van der Waals surface area contributed by atoms with E-state index in [9.17, 15) is 4.79 Å². The lowest BCUT2D eigenvalue weighted by Gasteiger charge is -2.14. The average molecular weight is 390 g/mol. The van der Waals surface area contributed by atoms with E-state index in [1.54, 1.807) is 30.2 Å². The number of hydrogen-bond acceptors (Lipinski definition) is 7. The molecule has 0 bridgehead atoms.